The van der Waals surface area contributed by atoms with Crippen LogP contribution in [0.3, 0.4) is 0 Å². The molecule has 108 valence electrons. The van der Waals surface area contributed by atoms with Crippen molar-refractivity contribution in [1.82, 2.24) is 14.9 Å². The van der Waals surface area contributed by atoms with Gasteiger partial charge in [0.15, 0.2) is 0 Å². The molecule has 1 aromatic carbocycles. The summed E-state index contributed by atoms with van der Waals surface area (Å²) in [4.78, 5) is -0.320. The number of nitrogens with one attached hydrogen (secondary N) is 2. The SMILES string of the molecule is Cc1[nH]ncc1CCCNS(=O)(=O)c1ccccc1F. The number of hydrogen-bond acceptors (Lipinski definition) is 3. The lowest BCUT2D eigenvalue weighted by molar-refractivity contribution is 0.555. The van der Waals surface area contributed by atoms with E-state index in [1.165, 1.54) is 18.2 Å². The van der Waals surface area contributed by atoms with Gasteiger partial charge in [-0.15, -0.1) is 0 Å². The second-order valence-electron chi connectivity index (χ2n) is 4.45. The van der Waals surface area contributed by atoms with Crippen molar-refractivity contribution in [3.05, 3.63) is 47.5 Å². The molecule has 0 saturated heterocycles. The van der Waals surface area contributed by atoms with E-state index in [-0.39, 0.29) is 11.4 Å². The number of halogens is 1. The van der Waals surface area contributed by atoms with Crippen LogP contribution in [0.4, 0.5) is 4.39 Å². The van der Waals surface area contributed by atoms with Gasteiger partial charge in [0.05, 0.1) is 6.20 Å². The fourth-order valence-electron chi connectivity index (χ4n) is 1.85. The number of benzene rings is 1. The van der Waals surface area contributed by atoms with Gasteiger partial charge < -0.3 is 0 Å². The third-order valence-electron chi connectivity index (χ3n) is 2.98. The van der Waals surface area contributed by atoms with Crippen molar-refractivity contribution in [3.8, 4) is 0 Å². The van der Waals surface area contributed by atoms with E-state index in [9.17, 15) is 12.8 Å². The van der Waals surface area contributed by atoms with Crippen LogP contribution in [0.2, 0.25) is 0 Å². The fourth-order valence-corrected chi connectivity index (χ4v) is 3.00. The lowest BCUT2D eigenvalue weighted by atomic mass is 10.1. The normalized spacial score (nSPS) is 11.7. The first-order chi connectivity index (χ1) is 9.50. The standard InChI is InChI=1S/C13H16FN3O2S/c1-10-11(9-15-17-10)5-4-8-16-20(18,19)13-7-3-2-6-12(13)14/h2-3,6-7,9,16H,4-5,8H2,1H3,(H,15,17). The Morgan fingerprint density at radius 3 is 2.75 bits per heavy atom. The predicted octanol–water partition coefficient (Wildman–Crippen LogP) is 1.77. The van der Waals surface area contributed by atoms with Crippen LogP contribution in [0.1, 0.15) is 17.7 Å². The number of rotatable bonds is 6. The summed E-state index contributed by atoms with van der Waals surface area (Å²) >= 11 is 0. The largest absolute Gasteiger partial charge is 0.283 e. The second-order valence-corrected chi connectivity index (χ2v) is 6.19. The highest BCUT2D eigenvalue weighted by Crippen LogP contribution is 2.13. The van der Waals surface area contributed by atoms with E-state index in [2.05, 4.69) is 14.9 Å². The van der Waals surface area contributed by atoms with Gasteiger partial charge in [0.1, 0.15) is 10.7 Å². The van der Waals surface area contributed by atoms with E-state index in [1.54, 1.807) is 6.20 Å². The molecule has 20 heavy (non-hydrogen) atoms. The Balaban J connectivity index is 1.91. The first kappa shape index (κ1) is 14.7. The number of hydrogen-bond donors (Lipinski definition) is 2. The summed E-state index contributed by atoms with van der Waals surface area (Å²) < 4.78 is 39.7. The minimum Gasteiger partial charge on any atom is -0.283 e. The molecule has 0 aliphatic heterocycles. The summed E-state index contributed by atoms with van der Waals surface area (Å²) in [6.45, 7) is 2.16. The van der Waals surface area contributed by atoms with E-state index in [4.69, 9.17) is 0 Å². The van der Waals surface area contributed by atoms with Crippen LogP contribution in [0, 0.1) is 12.7 Å². The molecule has 0 atom stereocenters. The van der Waals surface area contributed by atoms with Gasteiger partial charge in [-0.05, 0) is 37.5 Å². The fraction of sp³-hybridized carbons (Fsp3) is 0.308. The molecule has 0 radical (unpaired) electrons. The van der Waals surface area contributed by atoms with Crippen molar-refractivity contribution in [3.63, 3.8) is 0 Å². The number of nitrogens with zero attached hydrogens (tertiary/aromatic N) is 1. The summed E-state index contributed by atoms with van der Waals surface area (Å²) in [5.74, 6) is -0.745. The molecule has 2 rings (SSSR count). The van der Waals surface area contributed by atoms with Crippen molar-refractivity contribution in [2.24, 2.45) is 0 Å². The van der Waals surface area contributed by atoms with Gasteiger partial charge in [-0.25, -0.2) is 17.5 Å². The monoisotopic (exact) mass is 297 g/mol. The van der Waals surface area contributed by atoms with Crippen LogP contribution in [0.25, 0.3) is 0 Å². The number of aromatic amines is 1. The average Bonchev–Trinajstić information content (AvgIpc) is 2.81. The van der Waals surface area contributed by atoms with E-state index < -0.39 is 15.8 Å². The zero-order valence-electron chi connectivity index (χ0n) is 11.1. The molecule has 7 heteroatoms. The molecule has 1 aromatic heterocycles. The topological polar surface area (TPSA) is 74.8 Å². The zero-order chi connectivity index (χ0) is 14.6. The maximum atomic E-state index is 13.4. The summed E-state index contributed by atoms with van der Waals surface area (Å²) in [6, 6.07) is 5.32. The maximum absolute atomic E-state index is 13.4. The van der Waals surface area contributed by atoms with Crippen molar-refractivity contribution in [1.29, 1.82) is 0 Å². The van der Waals surface area contributed by atoms with Gasteiger partial charge in [-0.1, -0.05) is 12.1 Å². The molecule has 0 bridgehead atoms. The molecule has 2 N–H and O–H groups in total. The molecule has 1 heterocycles. The van der Waals surface area contributed by atoms with Gasteiger partial charge >= 0.3 is 0 Å². The van der Waals surface area contributed by atoms with Crippen molar-refractivity contribution >= 4 is 10.0 Å². The Labute approximate surface area is 117 Å². The Morgan fingerprint density at radius 2 is 2.10 bits per heavy atom. The molecule has 0 unspecified atom stereocenters. The highest BCUT2D eigenvalue weighted by Gasteiger charge is 2.17. The van der Waals surface area contributed by atoms with E-state index in [1.807, 2.05) is 6.92 Å². The number of sulfonamides is 1. The number of aromatic nitrogens is 2. The van der Waals surface area contributed by atoms with Crippen LogP contribution in [-0.2, 0) is 16.4 Å². The van der Waals surface area contributed by atoms with E-state index in [0.29, 0.717) is 12.8 Å². The summed E-state index contributed by atoms with van der Waals surface area (Å²) in [5, 5.41) is 6.72. The molecule has 0 spiro atoms. The van der Waals surface area contributed by atoms with Gasteiger partial charge in [0, 0.05) is 12.2 Å². The van der Waals surface area contributed by atoms with Crippen molar-refractivity contribution in [2.45, 2.75) is 24.7 Å². The number of H-pyrrole nitrogens is 1. The molecular weight excluding hydrogens is 281 g/mol. The smallest absolute Gasteiger partial charge is 0.243 e. The van der Waals surface area contributed by atoms with Crippen LogP contribution >= 0.6 is 0 Å². The Bertz CT molecular complexity index is 682. The highest BCUT2D eigenvalue weighted by molar-refractivity contribution is 7.89. The molecule has 0 saturated carbocycles. The molecule has 0 fully saturated rings. The van der Waals surface area contributed by atoms with Gasteiger partial charge in [0.2, 0.25) is 10.0 Å². The average molecular weight is 297 g/mol. The first-order valence-electron chi connectivity index (χ1n) is 6.24. The molecule has 0 aliphatic carbocycles. The molecular formula is C13H16FN3O2S. The molecule has 5 nitrogen and oxygen atoms in total. The van der Waals surface area contributed by atoms with Crippen molar-refractivity contribution in [2.75, 3.05) is 6.54 Å². The Hall–Kier alpha value is -1.73. The first-order valence-corrected chi connectivity index (χ1v) is 7.72. The summed E-state index contributed by atoms with van der Waals surface area (Å²) in [7, 11) is -3.79. The number of aryl methyl sites for hydroxylation is 2. The second kappa shape index (κ2) is 6.15. The molecule has 2 aromatic rings. The van der Waals surface area contributed by atoms with E-state index >= 15 is 0 Å². The van der Waals surface area contributed by atoms with E-state index in [0.717, 1.165) is 17.3 Å². The summed E-state index contributed by atoms with van der Waals surface area (Å²) in [6.07, 6.45) is 3.05. The minimum absolute atomic E-state index is 0.251. The van der Waals surface area contributed by atoms with Gasteiger partial charge in [-0.2, -0.15) is 5.10 Å². The summed E-state index contributed by atoms with van der Waals surface area (Å²) in [5.41, 5.74) is 2.03. The van der Waals surface area contributed by atoms with Crippen LogP contribution in [0.15, 0.2) is 35.4 Å². The lowest BCUT2D eigenvalue weighted by Crippen LogP contribution is -2.26. The zero-order valence-corrected chi connectivity index (χ0v) is 11.9. The highest BCUT2D eigenvalue weighted by atomic mass is 32.2. The predicted molar refractivity (Wildman–Crippen MR) is 73.2 cm³/mol. The molecule has 0 aliphatic rings. The third-order valence-corrected chi connectivity index (χ3v) is 4.47. The van der Waals surface area contributed by atoms with Crippen molar-refractivity contribution < 1.29 is 12.8 Å². The third kappa shape index (κ3) is 3.43. The Morgan fingerprint density at radius 1 is 1.35 bits per heavy atom. The molecule has 0 amide bonds. The lowest BCUT2D eigenvalue weighted by Gasteiger charge is -2.07. The van der Waals surface area contributed by atoms with Crippen LogP contribution in [0.5, 0.6) is 0 Å². The van der Waals surface area contributed by atoms with Crippen LogP contribution < -0.4 is 4.72 Å². The van der Waals surface area contributed by atoms with Gasteiger partial charge in [0.25, 0.3) is 0 Å². The van der Waals surface area contributed by atoms with Gasteiger partial charge in [-0.3, -0.25) is 5.10 Å². The minimum atomic E-state index is -3.79. The Kier molecular flexibility index (Phi) is 4.51. The van der Waals surface area contributed by atoms with Crippen LogP contribution in [-0.4, -0.2) is 25.2 Å². The quantitative estimate of drug-likeness (QED) is 0.798. The maximum Gasteiger partial charge on any atom is 0.243 e.